The number of hydrogen-bond donors (Lipinski definition) is 2. The van der Waals surface area contributed by atoms with E-state index < -0.39 is 28.2 Å². The first-order valence-electron chi connectivity index (χ1n) is 16.0. The molecular formula is C36H39FN2O6S. The predicted octanol–water partition coefficient (Wildman–Crippen LogP) is 6.51. The molecule has 3 saturated carbocycles. The molecule has 242 valence electrons. The van der Waals surface area contributed by atoms with Crippen molar-refractivity contribution in [2.45, 2.75) is 70.7 Å². The molecule has 4 aliphatic carbocycles. The highest BCUT2D eigenvalue weighted by atomic mass is 32.1. The second kappa shape index (κ2) is 11.3. The van der Waals surface area contributed by atoms with E-state index in [4.69, 9.17) is 19.0 Å². The summed E-state index contributed by atoms with van der Waals surface area (Å²) in [5.74, 6) is -0.854. The summed E-state index contributed by atoms with van der Waals surface area (Å²) in [4.78, 5) is 26.4. The van der Waals surface area contributed by atoms with Crippen molar-refractivity contribution in [3.8, 4) is 5.69 Å². The van der Waals surface area contributed by atoms with Gasteiger partial charge in [0.1, 0.15) is 5.82 Å². The third kappa shape index (κ3) is 4.58. The van der Waals surface area contributed by atoms with Crippen LogP contribution in [0.1, 0.15) is 73.3 Å². The van der Waals surface area contributed by atoms with Crippen LogP contribution in [0.25, 0.3) is 11.8 Å². The van der Waals surface area contributed by atoms with Crippen molar-refractivity contribution < 1.29 is 33.0 Å². The van der Waals surface area contributed by atoms with Crippen LogP contribution in [0, 0.1) is 34.4 Å². The zero-order valence-electron chi connectivity index (χ0n) is 26.1. The Balaban J connectivity index is 1.19. The van der Waals surface area contributed by atoms with E-state index in [0.717, 1.165) is 29.8 Å². The van der Waals surface area contributed by atoms with Gasteiger partial charge >= 0.3 is 5.97 Å². The second-order valence-electron chi connectivity index (χ2n) is 13.9. The number of hydrogen-bond acceptors (Lipinski definition) is 7. The fourth-order valence-electron chi connectivity index (χ4n) is 9.60. The topological polar surface area (TPSA) is 104 Å². The molecule has 7 rings (SSSR count). The number of carbonyl (C=O) groups is 2. The maximum Gasteiger partial charge on any atom is 0.375 e. The maximum absolute atomic E-state index is 14.6. The number of ether oxygens (including phenoxy) is 2. The highest BCUT2D eigenvalue weighted by Gasteiger charge is 2.70. The van der Waals surface area contributed by atoms with Crippen LogP contribution in [0.4, 0.5) is 4.39 Å². The summed E-state index contributed by atoms with van der Waals surface area (Å²) in [6.45, 7) is 8.36. The number of nitrogens with zero attached hydrogens (tertiary/aromatic N) is 2. The van der Waals surface area contributed by atoms with Gasteiger partial charge in [-0.25, -0.2) is 13.9 Å². The number of thiol groups is 1. The molecule has 0 saturated heterocycles. The van der Waals surface area contributed by atoms with Crippen molar-refractivity contribution in [1.82, 2.24) is 9.78 Å². The Morgan fingerprint density at radius 2 is 2.11 bits per heavy atom. The first kappa shape index (κ1) is 31.1. The molecule has 8 nitrogen and oxygen atoms in total. The van der Waals surface area contributed by atoms with Crippen molar-refractivity contribution in [2.24, 2.45) is 28.6 Å². The number of halogens is 1. The average Bonchev–Trinajstić information content (AvgIpc) is 3.75. The highest BCUT2D eigenvalue weighted by molar-refractivity contribution is 7.96. The molecule has 3 aromatic rings. The number of rotatable bonds is 8. The third-order valence-electron chi connectivity index (χ3n) is 11.6. The van der Waals surface area contributed by atoms with Crippen LogP contribution in [0.3, 0.4) is 0 Å². The summed E-state index contributed by atoms with van der Waals surface area (Å²) >= 11 is 4.28. The summed E-state index contributed by atoms with van der Waals surface area (Å²) in [5, 5.41) is 16.3. The van der Waals surface area contributed by atoms with Gasteiger partial charge in [0, 0.05) is 11.0 Å². The number of esters is 1. The minimum atomic E-state index is -1.46. The summed E-state index contributed by atoms with van der Waals surface area (Å²) in [6, 6.07) is 8.06. The zero-order valence-corrected chi connectivity index (χ0v) is 27.0. The van der Waals surface area contributed by atoms with E-state index in [1.54, 1.807) is 24.3 Å². The lowest BCUT2D eigenvalue weighted by molar-refractivity contribution is -0.174. The summed E-state index contributed by atoms with van der Waals surface area (Å²) in [5.41, 5.74) is 1.94. The molecular weight excluding hydrogens is 607 g/mol. The van der Waals surface area contributed by atoms with Crippen molar-refractivity contribution in [1.29, 1.82) is 0 Å². The van der Waals surface area contributed by atoms with Crippen LogP contribution < -0.4 is 0 Å². The number of aromatic nitrogens is 2. The van der Waals surface area contributed by atoms with Gasteiger partial charge in [-0.3, -0.25) is 4.79 Å². The molecule has 46 heavy (non-hydrogen) atoms. The fraction of sp³-hybridized carbons (Fsp3) is 0.472. The normalized spacial score (nSPS) is 32.8. The lowest BCUT2D eigenvalue weighted by atomic mass is 9.45. The molecule has 2 heterocycles. The number of benzene rings is 1. The standard InChI is InChI=1S/C36H39FN2O6S/c1-4-13-43-20-21-15-24(8-10-27(21)37)39-28-16-23-7-9-25-26-11-12-36(33(42)46,45-32(41)30-6-5-14-44-30)35(26,3)18-29(40)31(25)34(23,2)17-22(28)19-38-39/h4-6,8,10,14-16,19,25-26,29,31,40H,1,7,9,11-13,17-18,20H2,2-3H3,(H,42,46)/t25-,26-,29-,31+,34-,35-,36-/m0/s1. The van der Waals surface area contributed by atoms with Gasteiger partial charge in [-0.05, 0) is 104 Å². The number of aliphatic hydroxyl groups excluding tert-OH is 1. The van der Waals surface area contributed by atoms with Gasteiger partial charge in [-0.1, -0.05) is 25.5 Å². The smallest absolute Gasteiger partial charge is 0.375 e. The molecule has 4 aliphatic rings. The number of carbonyl (C=O) groups excluding carboxylic acids is 2. The van der Waals surface area contributed by atoms with E-state index in [1.165, 1.54) is 24.0 Å². The minimum absolute atomic E-state index is 0.0339. The third-order valence-corrected chi connectivity index (χ3v) is 12.0. The van der Waals surface area contributed by atoms with Gasteiger partial charge in [0.2, 0.25) is 10.9 Å². The van der Waals surface area contributed by atoms with Crippen molar-refractivity contribution in [2.75, 3.05) is 6.61 Å². The van der Waals surface area contributed by atoms with Gasteiger partial charge < -0.3 is 19.0 Å². The van der Waals surface area contributed by atoms with E-state index in [2.05, 4.69) is 32.2 Å². The van der Waals surface area contributed by atoms with Gasteiger partial charge in [-0.15, -0.1) is 19.2 Å². The zero-order chi connectivity index (χ0) is 32.4. The predicted molar refractivity (Wildman–Crippen MR) is 172 cm³/mol. The number of furan rings is 1. The van der Waals surface area contributed by atoms with E-state index in [-0.39, 0.29) is 41.4 Å². The molecule has 3 fully saturated rings. The van der Waals surface area contributed by atoms with Crippen LogP contribution in [-0.4, -0.2) is 44.3 Å². The van der Waals surface area contributed by atoms with Crippen LogP contribution >= 0.6 is 12.6 Å². The highest BCUT2D eigenvalue weighted by Crippen LogP contribution is 2.68. The fourth-order valence-corrected chi connectivity index (χ4v) is 10.0. The molecule has 0 spiro atoms. The van der Waals surface area contributed by atoms with E-state index in [9.17, 15) is 19.1 Å². The summed E-state index contributed by atoms with van der Waals surface area (Å²) in [7, 11) is 0. The van der Waals surface area contributed by atoms with E-state index in [0.29, 0.717) is 37.9 Å². The van der Waals surface area contributed by atoms with Gasteiger partial charge in [-0.2, -0.15) is 5.10 Å². The Hall–Kier alpha value is -3.47. The monoisotopic (exact) mass is 646 g/mol. The summed E-state index contributed by atoms with van der Waals surface area (Å²) in [6.07, 6.45) is 10.1. The molecule has 0 bridgehead atoms. The average molecular weight is 647 g/mol. The molecule has 10 heteroatoms. The van der Waals surface area contributed by atoms with Crippen LogP contribution in [0.5, 0.6) is 0 Å². The first-order chi connectivity index (χ1) is 22.0. The lowest BCUT2D eigenvalue weighted by Crippen LogP contribution is -2.62. The summed E-state index contributed by atoms with van der Waals surface area (Å²) < 4.78 is 33.2. The Morgan fingerprint density at radius 1 is 1.28 bits per heavy atom. The van der Waals surface area contributed by atoms with Crippen molar-refractivity contribution >= 4 is 29.8 Å². The van der Waals surface area contributed by atoms with Gasteiger partial charge in [0.15, 0.2) is 5.60 Å². The Bertz CT molecular complexity index is 1730. The molecule has 7 atom stereocenters. The second-order valence-corrected chi connectivity index (χ2v) is 14.3. The molecule has 2 aromatic heterocycles. The minimum Gasteiger partial charge on any atom is -0.457 e. The lowest BCUT2D eigenvalue weighted by Gasteiger charge is -2.60. The Labute approximate surface area is 273 Å². The first-order valence-corrected chi connectivity index (χ1v) is 16.4. The molecule has 1 aromatic carbocycles. The van der Waals surface area contributed by atoms with Gasteiger partial charge in [0.05, 0.1) is 43.2 Å². The largest absolute Gasteiger partial charge is 0.457 e. The van der Waals surface area contributed by atoms with Crippen molar-refractivity contribution in [3.63, 3.8) is 0 Å². The number of fused-ring (bicyclic) bond motifs is 6. The van der Waals surface area contributed by atoms with Crippen LogP contribution in [-0.2, 0) is 27.3 Å². The maximum atomic E-state index is 14.6. The Morgan fingerprint density at radius 3 is 2.85 bits per heavy atom. The number of aliphatic hydroxyl groups is 1. The molecule has 0 unspecified atom stereocenters. The quantitative estimate of drug-likeness (QED) is 0.124. The molecule has 1 N–H and O–H groups in total. The number of allylic oxidation sites excluding steroid dienone is 1. The van der Waals surface area contributed by atoms with E-state index in [1.807, 2.05) is 17.8 Å². The van der Waals surface area contributed by atoms with Gasteiger partial charge in [0.25, 0.3) is 0 Å². The van der Waals surface area contributed by atoms with Crippen LogP contribution in [0.2, 0.25) is 0 Å². The SMILES string of the molecule is C=CCOCc1cc(-n2ncc3c2C=C2CC[C@@H]4[C@H]([C@@H](O)C[C@@]5(C)[C@H]4CC[C@]5(OC(=O)c4ccco4)C(=O)S)[C@@]2(C)C3)ccc1F. The van der Waals surface area contributed by atoms with E-state index >= 15 is 0 Å². The molecule has 0 aliphatic heterocycles. The molecule has 0 radical (unpaired) electrons. The molecule has 0 amide bonds. The van der Waals surface area contributed by atoms with Crippen molar-refractivity contribution in [3.05, 3.63) is 89.4 Å². The Kier molecular flexibility index (Phi) is 7.68. The van der Waals surface area contributed by atoms with Crippen LogP contribution in [0.15, 0.2) is 65.4 Å².